The zero-order valence-corrected chi connectivity index (χ0v) is 16.6. The second-order valence-electron chi connectivity index (χ2n) is 6.28. The zero-order chi connectivity index (χ0) is 20.4. The summed E-state index contributed by atoms with van der Waals surface area (Å²) in [5, 5.41) is 0. The molecule has 27 heavy (non-hydrogen) atoms. The fraction of sp³-hybridized carbons (Fsp3) is 0.476. The molecule has 0 bridgehead atoms. The Bertz CT molecular complexity index is 705. The standard InChI is InChI=1S/C21H28O6/c1-6-8-12-25-20(23)16-11-10-15(5)18(27-19(22)14(3)4)17(16)21(24)26-13-9-7-2/h10-11H,3,6-9,12-13H2,1-2,4-5H3. The highest BCUT2D eigenvalue weighted by molar-refractivity contribution is 6.06. The molecule has 0 radical (unpaired) electrons. The van der Waals surface area contributed by atoms with Gasteiger partial charge in [-0.05, 0) is 38.3 Å². The topological polar surface area (TPSA) is 78.9 Å². The van der Waals surface area contributed by atoms with E-state index in [-0.39, 0.29) is 35.7 Å². The lowest BCUT2D eigenvalue weighted by atomic mass is 10.0. The number of benzene rings is 1. The molecule has 6 heteroatoms. The van der Waals surface area contributed by atoms with E-state index in [0.29, 0.717) is 18.4 Å². The molecule has 1 aromatic carbocycles. The summed E-state index contributed by atoms with van der Waals surface area (Å²) in [6.07, 6.45) is 3.12. The van der Waals surface area contributed by atoms with Gasteiger partial charge >= 0.3 is 17.9 Å². The van der Waals surface area contributed by atoms with Gasteiger partial charge in [-0.25, -0.2) is 14.4 Å². The molecule has 0 aliphatic rings. The van der Waals surface area contributed by atoms with Crippen molar-refractivity contribution in [3.8, 4) is 5.75 Å². The van der Waals surface area contributed by atoms with Crippen LogP contribution in [0.3, 0.4) is 0 Å². The van der Waals surface area contributed by atoms with Gasteiger partial charge in [0.2, 0.25) is 0 Å². The maximum atomic E-state index is 12.7. The van der Waals surface area contributed by atoms with Crippen LogP contribution in [0.2, 0.25) is 0 Å². The van der Waals surface area contributed by atoms with Crippen LogP contribution in [0.4, 0.5) is 0 Å². The lowest BCUT2D eigenvalue weighted by Crippen LogP contribution is -2.19. The Hall–Kier alpha value is -2.63. The average molecular weight is 376 g/mol. The van der Waals surface area contributed by atoms with Crippen LogP contribution < -0.4 is 4.74 Å². The Morgan fingerprint density at radius 3 is 2.04 bits per heavy atom. The molecule has 0 aliphatic heterocycles. The zero-order valence-electron chi connectivity index (χ0n) is 16.6. The van der Waals surface area contributed by atoms with Gasteiger partial charge in [0.15, 0.2) is 0 Å². The summed E-state index contributed by atoms with van der Waals surface area (Å²) < 4.78 is 15.8. The van der Waals surface area contributed by atoms with E-state index in [4.69, 9.17) is 14.2 Å². The normalized spacial score (nSPS) is 10.2. The predicted octanol–water partition coefficient (Wildman–Crippen LogP) is 4.39. The molecule has 1 rings (SSSR count). The molecule has 1 aromatic rings. The Kier molecular flexibility index (Phi) is 9.26. The first-order valence-electron chi connectivity index (χ1n) is 9.18. The highest BCUT2D eigenvalue weighted by Crippen LogP contribution is 2.29. The number of hydrogen-bond donors (Lipinski definition) is 0. The Morgan fingerprint density at radius 1 is 0.963 bits per heavy atom. The third-order valence-electron chi connectivity index (χ3n) is 3.78. The van der Waals surface area contributed by atoms with Gasteiger partial charge in [0.05, 0.1) is 18.8 Å². The predicted molar refractivity (Wildman–Crippen MR) is 102 cm³/mol. The number of rotatable bonds is 10. The largest absolute Gasteiger partial charge is 0.462 e. The van der Waals surface area contributed by atoms with Crippen LogP contribution in [0.1, 0.15) is 72.7 Å². The molecule has 6 nitrogen and oxygen atoms in total. The summed E-state index contributed by atoms with van der Waals surface area (Å²) in [5.74, 6) is -2.07. The molecule has 0 aromatic heterocycles. The summed E-state index contributed by atoms with van der Waals surface area (Å²) in [4.78, 5) is 37.1. The maximum absolute atomic E-state index is 12.7. The fourth-order valence-electron chi connectivity index (χ4n) is 2.14. The summed E-state index contributed by atoms with van der Waals surface area (Å²) in [6, 6.07) is 3.08. The minimum atomic E-state index is -0.723. The Labute approximate surface area is 160 Å². The van der Waals surface area contributed by atoms with Crippen LogP contribution in [0, 0.1) is 6.92 Å². The summed E-state index contributed by atoms with van der Waals surface area (Å²) in [7, 11) is 0. The van der Waals surface area contributed by atoms with Gasteiger partial charge in [-0.15, -0.1) is 0 Å². The van der Waals surface area contributed by atoms with E-state index in [1.807, 2.05) is 13.8 Å². The number of unbranched alkanes of at least 4 members (excludes halogenated alkanes) is 2. The molecular formula is C21H28O6. The van der Waals surface area contributed by atoms with Gasteiger partial charge < -0.3 is 14.2 Å². The number of aryl methyl sites for hydroxylation is 1. The fourth-order valence-corrected chi connectivity index (χ4v) is 2.14. The number of carbonyl (C=O) groups excluding carboxylic acids is 3. The minimum Gasteiger partial charge on any atom is -0.462 e. The lowest BCUT2D eigenvalue weighted by molar-refractivity contribution is -0.130. The first-order valence-corrected chi connectivity index (χ1v) is 9.18. The highest BCUT2D eigenvalue weighted by atomic mass is 16.6. The van der Waals surface area contributed by atoms with Crippen LogP contribution >= 0.6 is 0 Å². The van der Waals surface area contributed by atoms with Crippen molar-refractivity contribution in [3.05, 3.63) is 41.0 Å². The van der Waals surface area contributed by atoms with Crippen molar-refractivity contribution in [1.29, 1.82) is 0 Å². The molecule has 0 fully saturated rings. The monoisotopic (exact) mass is 376 g/mol. The maximum Gasteiger partial charge on any atom is 0.342 e. The van der Waals surface area contributed by atoms with E-state index >= 15 is 0 Å². The van der Waals surface area contributed by atoms with E-state index in [2.05, 4.69) is 6.58 Å². The molecular weight excluding hydrogens is 348 g/mol. The number of carbonyl (C=O) groups is 3. The van der Waals surface area contributed by atoms with E-state index in [0.717, 1.165) is 12.8 Å². The molecule has 0 aliphatic carbocycles. The number of ether oxygens (including phenoxy) is 3. The summed E-state index contributed by atoms with van der Waals surface area (Å²) in [5.41, 5.74) is 0.623. The van der Waals surface area contributed by atoms with Crippen LogP contribution in [-0.4, -0.2) is 31.1 Å². The van der Waals surface area contributed by atoms with Crippen molar-refractivity contribution in [1.82, 2.24) is 0 Å². The summed E-state index contributed by atoms with van der Waals surface area (Å²) >= 11 is 0. The SMILES string of the molecule is C=C(C)C(=O)Oc1c(C)ccc(C(=O)OCCCC)c1C(=O)OCCCC. The van der Waals surface area contributed by atoms with Crippen molar-refractivity contribution in [2.24, 2.45) is 0 Å². The third-order valence-corrected chi connectivity index (χ3v) is 3.78. The van der Waals surface area contributed by atoms with Crippen molar-refractivity contribution in [3.63, 3.8) is 0 Å². The molecule has 0 N–H and O–H groups in total. The molecule has 0 atom stereocenters. The first-order chi connectivity index (χ1) is 12.8. The van der Waals surface area contributed by atoms with Gasteiger partial charge in [-0.1, -0.05) is 39.3 Å². The van der Waals surface area contributed by atoms with Crippen molar-refractivity contribution >= 4 is 17.9 Å². The lowest BCUT2D eigenvalue weighted by Gasteiger charge is -2.16. The van der Waals surface area contributed by atoms with Crippen LogP contribution in [0.5, 0.6) is 5.75 Å². The minimum absolute atomic E-state index is 0.00515. The molecule has 148 valence electrons. The quantitative estimate of drug-likeness (QED) is 0.261. The highest BCUT2D eigenvalue weighted by Gasteiger charge is 2.27. The number of esters is 3. The first kappa shape index (κ1) is 22.4. The smallest absolute Gasteiger partial charge is 0.342 e. The van der Waals surface area contributed by atoms with Crippen molar-refractivity contribution in [2.75, 3.05) is 13.2 Å². The van der Waals surface area contributed by atoms with E-state index < -0.39 is 17.9 Å². The summed E-state index contributed by atoms with van der Waals surface area (Å²) in [6.45, 7) is 11.1. The van der Waals surface area contributed by atoms with Crippen LogP contribution in [0.25, 0.3) is 0 Å². The van der Waals surface area contributed by atoms with E-state index in [1.165, 1.54) is 13.0 Å². The van der Waals surface area contributed by atoms with Crippen LogP contribution in [-0.2, 0) is 14.3 Å². The van der Waals surface area contributed by atoms with E-state index in [9.17, 15) is 14.4 Å². The van der Waals surface area contributed by atoms with Crippen molar-refractivity contribution in [2.45, 2.75) is 53.4 Å². The van der Waals surface area contributed by atoms with Gasteiger partial charge in [0.1, 0.15) is 11.3 Å². The second kappa shape index (κ2) is 11.2. The third kappa shape index (κ3) is 6.55. The Balaban J connectivity index is 3.31. The average Bonchev–Trinajstić information content (AvgIpc) is 2.63. The van der Waals surface area contributed by atoms with Gasteiger partial charge in [-0.3, -0.25) is 0 Å². The molecule has 0 unspecified atom stereocenters. The van der Waals surface area contributed by atoms with Crippen LogP contribution in [0.15, 0.2) is 24.3 Å². The molecule has 0 saturated carbocycles. The van der Waals surface area contributed by atoms with E-state index in [1.54, 1.807) is 13.0 Å². The molecule has 0 heterocycles. The number of hydrogen-bond acceptors (Lipinski definition) is 6. The molecule has 0 spiro atoms. The van der Waals surface area contributed by atoms with Gasteiger partial charge in [0, 0.05) is 5.57 Å². The van der Waals surface area contributed by atoms with Crippen molar-refractivity contribution < 1.29 is 28.6 Å². The molecule has 0 amide bonds. The Morgan fingerprint density at radius 2 is 1.52 bits per heavy atom. The molecule has 0 saturated heterocycles. The second-order valence-corrected chi connectivity index (χ2v) is 6.28. The van der Waals surface area contributed by atoms with Gasteiger partial charge in [-0.2, -0.15) is 0 Å². The van der Waals surface area contributed by atoms with Gasteiger partial charge in [0.25, 0.3) is 0 Å².